The van der Waals surface area contributed by atoms with Crippen LogP contribution in [0.1, 0.15) is 58.6 Å². The third-order valence-corrected chi connectivity index (χ3v) is 8.36. The smallest absolute Gasteiger partial charge is 0.341 e. The fraction of sp³-hybridized carbons (Fsp3) is 0.417. The molecule has 2 aromatic heterocycles. The Balaban J connectivity index is 1.42. The number of rotatable bonds is 9. The number of anilines is 1. The largest absolute Gasteiger partial charge is 0.483 e. The highest BCUT2D eigenvalue weighted by atomic mass is 35.5. The predicted molar refractivity (Wildman–Crippen MR) is 138 cm³/mol. The van der Waals surface area contributed by atoms with E-state index in [1.165, 1.54) is 30.2 Å². The van der Waals surface area contributed by atoms with Crippen LogP contribution in [-0.2, 0) is 28.9 Å². The number of carbonyl (C=O) groups excluding carboxylic acids is 2. The van der Waals surface area contributed by atoms with Crippen molar-refractivity contribution >= 4 is 51.6 Å². The summed E-state index contributed by atoms with van der Waals surface area (Å²) < 4.78 is 12.9. The maximum Gasteiger partial charge on any atom is 0.341 e. The summed E-state index contributed by atoms with van der Waals surface area (Å²) in [6.07, 6.45) is 2.43. The van der Waals surface area contributed by atoms with Crippen LogP contribution in [0.15, 0.2) is 23.4 Å². The molecule has 4 rings (SSSR count). The lowest BCUT2D eigenvalue weighted by Gasteiger charge is -2.16. The lowest BCUT2D eigenvalue weighted by Crippen LogP contribution is -2.17. The van der Waals surface area contributed by atoms with E-state index in [4.69, 9.17) is 21.1 Å². The number of fused-ring (bicyclic) bond motifs is 1. The fourth-order valence-electron chi connectivity index (χ4n) is 4.06. The van der Waals surface area contributed by atoms with Crippen LogP contribution in [0, 0.1) is 6.92 Å². The monoisotopic (exact) mass is 534 g/mol. The summed E-state index contributed by atoms with van der Waals surface area (Å²) in [5, 5.41) is 13.4. The molecule has 1 aromatic carbocycles. The second-order valence-electron chi connectivity index (χ2n) is 8.15. The Bertz CT molecular complexity index is 1260. The molecule has 0 fully saturated rings. The number of hydrogen-bond acceptors (Lipinski definition) is 8. The van der Waals surface area contributed by atoms with E-state index < -0.39 is 5.97 Å². The SMILES string of the molecule is CCn1c(SCC(=O)Nc2sc3c(c2C(=O)OC)CCC3)nnc1C(C)Oc1ccc(Cl)c(C)c1. The molecule has 1 aliphatic rings. The number of nitrogens with zero attached hydrogens (tertiary/aromatic N) is 3. The van der Waals surface area contributed by atoms with E-state index in [-0.39, 0.29) is 17.8 Å². The van der Waals surface area contributed by atoms with Crippen molar-refractivity contribution in [2.75, 3.05) is 18.2 Å². The molecule has 2 heterocycles. The van der Waals surface area contributed by atoms with Crippen LogP contribution in [-0.4, -0.2) is 39.5 Å². The number of carbonyl (C=O) groups is 2. The molecule has 35 heavy (non-hydrogen) atoms. The summed E-state index contributed by atoms with van der Waals surface area (Å²) >= 11 is 8.86. The molecule has 0 spiro atoms. The molecule has 0 radical (unpaired) electrons. The summed E-state index contributed by atoms with van der Waals surface area (Å²) in [6, 6.07) is 5.51. The van der Waals surface area contributed by atoms with Crippen LogP contribution in [0.4, 0.5) is 5.00 Å². The van der Waals surface area contributed by atoms with Gasteiger partial charge in [-0.2, -0.15) is 0 Å². The third-order valence-electron chi connectivity index (χ3n) is 5.76. The fourth-order valence-corrected chi connectivity index (χ4v) is 6.28. The second-order valence-corrected chi connectivity index (χ2v) is 10.6. The van der Waals surface area contributed by atoms with Gasteiger partial charge in [0.2, 0.25) is 5.91 Å². The Morgan fingerprint density at radius 2 is 2.11 bits per heavy atom. The van der Waals surface area contributed by atoms with Gasteiger partial charge in [0.15, 0.2) is 17.1 Å². The van der Waals surface area contributed by atoms with E-state index in [9.17, 15) is 9.59 Å². The Morgan fingerprint density at radius 3 is 2.83 bits per heavy atom. The number of thioether (sulfide) groups is 1. The highest BCUT2D eigenvalue weighted by Gasteiger charge is 2.28. The van der Waals surface area contributed by atoms with Crippen molar-refractivity contribution in [3.8, 4) is 5.75 Å². The molecular weight excluding hydrogens is 508 g/mol. The number of nitrogens with one attached hydrogen (secondary N) is 1. The maximum atomic E-state index is 12.7. The Morgan fingerprint density at radius 1 is 1.31 bits per heavy atom. The number of thiophene rings is 1. The van der Waals surface area contributed by atoms with Gasteiger partial charge in [-0.25, -0.2) is 4.79 Å². The standard InChI is InChI=1S/C24H27ClN4O4S2/c1-5-29-21(14(3)33-15-9-10-17(25)13(2)11-15)27-28-24(29)34-12-19(30)26-22-20(23(31)32-4)16-7-6-8-18(16)35-22/h9-11,14H,5-8,12H2,1-4H3,(H,26,30). The first-order valence-corrected chi connectivity index (χ1v) is 13.5. The number of hydrogen-bond donors (Lipinski definition) is 1. The number of benzene rings is 1. The van der Waals surface area contributed by atoms with Gasteiger partial charge >= 0.3 is 5.97 Å². The highest BCUT2D eigenvalue weighted by Crippen LogP contribution is 2.39. The van der Waals surface area contributed by atoms with E-state index in [1.54, 1.807) is 6.07 Å². The van der Waals surface area contributed by atoms with Gasteiger partial charge in [0.1, 0.15) is 10.8 Å². The predicted octanol–water partition coefficient (Wildman–Crippen LogP) is 5.47. The van der Waals surface area contributed by atoms with Crippen LogP contribution in [0.5, 0.6) is 5.75 Å². The van der Waals surface area contributed by atoms with Gasteiger partial charge in [-0.15, -0.1) is 21.5 Å². The van der Waals surface area contributed by atoms with Crippen molar-refractivity contribution in [1.29, 1.82) is 0 Å². The summed E-state index contributed by atoms with van der Waals surface area (Å²) in [5.41, 5.74) is 2.43. The number of aromatic nitrogens is 3. The zero-order valence-corrected chi connectivity index (χ0v) is 22.4. The minimum atomic E-state index is -0.410. The minimum absolute atomic E-state index is 0.132. The summed E-state index contributed by atoms with van der Waals surface area (Å²) in [4.78, 5) is 26.2. The molecule has 1 unspecified atom stereocenters. The number of aryl methyl sites for hydroxylation is 2. The van der Waals surface area contributed by atoms with Crippen molar-refractivity contribution in [1.82, 2.24) is 14.8 Å². The van der Waals surface area contributed by atoms with E-state index in [0.717, 1.165) is 35.3 Å². The first-order valence-electron chi connectivity index (χ1n) is 11.3. The van der Waals surface area contributed by atoms with E-state index in [1.807, 2.05) is 37.5 Å². The molecule has 11 heteroatoms. The number of amides is 1. The number of methoxy groups -OCH3 is 1. The van der Waals surface area contributed by atoms with E-state index >= 15 is 0 Å². The van der Waals surface area contributed by atoms with Gasteiger partial charge in [-0.1, -0.05) is 23.4 Å². The quantitative estimate of drug-likeness (QED) is 0.287. The van der Waals surface area contributed by atoms with Gasteiger partial charge in [-0.3, -0.25) is 4.79 Å². The molecule has 0 saturated carbocycles. The summed E-state index contributed by atoms with van der Waals surface area (Å²) in [7, 11) is 1.36. The van der Waals surface area contributed by atoms with Crippen LogP contribution in [0.25, 0.3) is 0 Å². The Hall–Kier alpha value is -2.56. The average molecular weight is 535 g/mol. The van der Waals surface area contributed by atoms with Gasteiger partial charge in [-0.05, 0) is 69.4 Å². The van der Waals surface area contributed by atoms with E-state index in [0.29, 0.717) is 38.9 Å². The second kappa shape index (κ2) is 11.0. The minimum Gasteiger partial charge on any atom is -0.483 e. The van der Waals surface area contributed by atoms with Crippen molar-refractivity contribution in [3.63, 3.8) is 0 Å². The normalized spacial score (nSPS) is 13.4. The van der Waals surface area contributed by atoms with Crippen LogP contribution in [0.2, 0.25) is 5.02 Å². The van der Waals surface area contributed by atoms with Crippen molar-refractivity contribution in [3.05, 3.63) is 50.6 Å². The Kier molecular flexibility index (Phi) is 8.03. The van der Waals surface area contributed by atoms with Gasteiger partial charge in [0, 0.05) is 16.4 Å². The summed E-state index contributed by atoms with van der Waals surface area (Å²) in [5.74, 6) is 0.877. The first kappa shape index (κ1) is 25.5. The van der Waals surface area contributed by atoms with Gasteiger partial charge < -0.3 is 19.4 Å². The van der Waals surface area contributed by atoms with Crippen LogP contribution >= 0.6 is 34.7 Å². The molecular formula is C24H27ClN4O4S2. The molecule has 0 aliphatic heterocycles. The lowest BCUT2D eigenvalue weighted by molar-refractivity contribution is -0.113. The first-order chi connectivity index (χ1) is 16.8. The molecule has 1 amide bonds. The highest BCUT2D eigenvalue weighted by molar-refractivity contribution is 7.99. The molecule has 8 nitrogen and oxygen atoms in total. The third kappa shape index (κ3) is 5.49. The number of esters is 1. The van der Waals surface area contributed by atoms with Crippen LogP contribution in [0.3, 0.4) is 0 Å². The molecule has 1 atom stereocenters. The topological polar surface area (TPSA) is 95.3 Å². The van der Waals surface area contributed by atoms with E-state index in [2.05, 4.69) is 15.5 Å². The molecule has 3 aromatic rings. The summed E-state index contributed by atoms with van der Waals surface area (Å²) in [6.45, 7) is 6.45. The average Bonchev–Trinajstić information content (AvgIpc) is 3.53. The maximum absolute atomic E-state index is 12.7. The van der Waals surface area contributed by atoms with Gasteiger partial charge in [0.05, 0.1) is 18.4 Å². The molecule has 0 bridgehead atoms. The molecule has 1 N–H and O–H groups in total. The Labute approximate surface area is 217 Å². The zero-order chi connectivity index (χ0) is 25.1. The molecule has 186 valence electrons. The number of halogens is 1. The van der Waals surface area contributed by atoms with Crippen molar-refractivity contribution < 1.29 is 19.1 Å². The van der Waals surface area contributed by atoms with Crippen LogP contribution < -0.4 is 10.1 Å². The molecule has 1 aliphatic carbocycles. The molecule has 0 saturated heterocycles. The van der Waals surface area contributed by atoms with Gasteiger partial charge in [0.25, 0.3) is 0 Å². The zero-order valence-electron chi connectivity index (χ0n) is 20.0. The number of ether oxygens (including phenoxy) is 2. The lowest BCUT2D eigenvalue weighted by atomic mass is 10.1. The van der Waals surface area contributed by atoms with Crippen molar-refractivity contribution in [2.45, 2.75) is 57.8 Å². The van der Waals surface area contributed by atoms with Crippen molar-refractivity contribution in [2.24, 2.45) is 0 Å².